The molecule has 1 fully saturated rings. The summed E-state index contributed by atoms with van der Waals surface area (Å²) in [6.45, 7) is 0. The van der Waals surface area contributed by atoms with Gasteiger partial charge in [-0.05, 0) is 42.5 Å². The Morgan fingerprint density at radius 3 is 2.19 bits per heavy atom. The molecule has 1 amide bonds. The van der Waals surface area contributed by atoms with Crippen molar-refractivity contribution in [3.05, 3.63) is 89.6 Å². The zero-order valence-corrected chi connectivity index (χ0v) is 21.0. The van der Waals surface area contributed by atoms with Crippen LogP contribution in [0.3, 0.4) is 0 Å². The molecule has 0 radical (unpaired) electrons. The first-order chi connectivity index (χ1) is 17.9. The number of anilines is 2. The fraction of sp³-hybridized carbons (Fsp3) is 0.172. The Hall–Kier alpha value is -4.72. The number of aliphatic hydroxyl groups is 1. The zero-order valence-electron chi connectivity index (χ0n) is 21.0. The summed E-state index contributed by atoms with van der Waals surface area (Å²) in [5, 5.41) is 12.5. The summed E-state index contributed by atoms with van der Waals surface area (Å²) in [5.74, 6) is -1.26. The number of H-pyrrole nitrogens is 1. The number of ketones is 1. The number of benzene rings is 3. The maximum absolute atomic E-state index is 13.6. The van der Waals surface area contributed by atoms with Gasteiger partial charge in [0.25, 0.3) is 11.7 Å². The van der Waals surface area contributed by atoms with Crippen molar-refractivity contribution in [2.45, 2.75) is 6.04 Å². The van der Waals surface area contributed by atoms with Gasteiger partial charge in [0.15, 0.2) is 0 Å². The largest absolute Gasteiger partial charge is 0.506 e. The van der Waals surface area contributed by atoms with E-state index in [9.17, 15) is 14.7 Å². The lowest BCUT2D eigenvalue weighted by Gasteiger charge is -2.26. The van der Waals surface area contributed by atoms with Gasteiger partial charge in [0, 0.05) is 48.1 Å². The van der Waals surface area contributed by atoms with Crippen molar-refractivity contribution in [2.24, 2.45) is 0 Å². The number of amides is 1. The second kappa shape index (κ2) is 9.39. The van der Waals surface area contributed by atoms with Gasteiger partial charge in [0.1, 0.15) is 22.8 Å². The molecule has 4 aromatic rings. The molecular weight excluding hydrogens is 470 g/mol. The van der Waals surface area contributed by atoms with E-state index < -0.39 is 17.7 Å². The van der Waals surface area contributed by atoms with Gasteiger partial charge in [-0.15, -0.1) is 0 Å². The predicted octanol–water partition coefficient (Wildman–Crippen LogP) is 4.88. The van der Waals surface area contributed by atoms with E-state index in [1.54, 1.807) is 36.5 Å². The van der Waals surface area contributed by atoms with E-state index in [1.165, 1.54) is 19.1 Å². The average Bonchev–Trinajstić information content (AvgIpc) is 3.46. The van der Waals surface area contributed by atoms with Crippen molar-refractivity contribution in [2.75, 3.05) is 38.1 Å². The minimum absolute atomic E-state index is 0.0470. The van der Waals surface area contributed by atoms with E-state index in [1.807, 2.05) is 55.4 Å². The number of nitrogens with zero attached hydrogens (tertiary/aromatic N) is 2. The quantitative estimate of drug-likeness (QED) is 0.224. The van der Waals surface area contributed by atoms with Crippen LogP contribution in [0, 0.1) is 0 Å². The molecular formula is C29H27N3O5. The molecule has 188 valence electrons. The predicted molar refractivity (Wildman–Crippen MR) is 143 cm³/mol. The zero-order chi connectivity index (χ0) is 26.3. The minimum Gasteiger partial charge on any atom is -0.506 e. The summed E-state index contributed by atoms with van der Waals surface area (Å²) >= 11 is 0. The number of hydrogen-bond donors (Lipinski definition) is 2. The molecule has 1 saturated heterocycles. The first-order valence-corrected chi connectivity index (χ1v) is 11.7. The van der Waals surface area contributed by atoms with Crippen molar-refractivity contribution in [3.8, 4) is 11.5 Å². The second-order valence-corrected chi connectivity index (χ2v) is 8.91. The van der Waals surface area contributed by atoms with Crippen LogP contribution in [0.25, 0.3) is 16.7 Å². The van der Waals surface area contributed by atoms with Crippen LogP contribution in [0.2, 0.25) is 0 Å². The van der Waals surface area contributed by atoms with Crippen LogP contribution >= 0.6 is 0 Å². The second-order valence-electron chi connectivity index (χ2n) is 8.91. The smallest absolute Gasteiger partial charge is 0.300 e. The molecule has 8 heteroatoms. The molecule has 0 spiro atoms. The molecule has 37 heavy (non-hydrogen) atoms. The van der Waals surface area contributed by atoms with E-state index in [4.69, 9.17) is 9.47 Å². The summed E-state index contributed by atoms with van der Waals surface area (Å²) in [7, 11) is 6.78. The summed E-state index contributed by atoms with van der Waals surface area (Å²) in [5.41, 5.74) is 3.17. The molecule has 1 unspecified atom stereocenters. The Kier molecular flexibility index (Phi) is 6.09. The van der Waals surface area contributed by atoms with Crippen LogP contribution in [0.5, 0.6) is 11.5 Å². The SMILES string of the molecule is COc1cccc(OC)c1/C(O)=C1\C(=O)C(=O)N(c2ccc(N(C)C)cc2)C1c1c[nH]c2ccccc12. The molecule has 2 N–H and O–H groups in total. The third-order valence-corrected chi connectivity index (χ3v) is 6.67. The Labute approximate surface area is 214 Å². The number of Topliss-reactive ketones (excluding diaryl/α,β-unsaturated/α-hetero) is 1. The first kappa shape index (κ1) is 24.0. The van der Waals surface area contributed by atoms with E-state index in [0.29, 0.717) is 22.7 Å². The molecule has 8 nitrogen and oxygen atoms in total. The summed E-state index contributed by atoms with van der Waals surface area (Å²) in [6.07, 6.45) is 1.77. The Bertz CT molecular complexity index is 1510. The van der Waals surface area contributed by atoms with Crippen LogP contribution in [-0.2, 0) is 9.59 Å². The maximum Gasteiger partial charge on any atom is 0.300 e. The van der Waals surface area contributed by atoms with Crippen molar-refractivity contribution in [3.63, 3.8) is 0 Å². The molecule has 3 aromatic carbocycles. The number of para-hydroxylation sites is 1. The summed E-state index contributed by atoms with van der Waals surface area (Å²) in [6, 6.07) is 19.1. The number of ether oxygens (including phenoxy) is 2. The van der Waals surface area contributed by atoms with E-state index in [-0.39, 0.29) is 16.9 Å². The van der Waals surface area contributed by atoms with Gasteiger partial charge in [-0.1, -0.05) is 24.3 Å². The van der Waals surface area contributed by atoms with Gasteiger partial charge in [-0.3, -0.25) is 14.5 Å². The highest BCUT2D eigenvalue weighted by Gasteiger charge is 2.48. The highest BCUT2D eigenvalue weighted by atomic mass is 16.5. The molecule has 0 aliphatic carbocycles. The standard InChI is InChI=1S/C29H27N3O5/c1-31(2)17-12-14-18(15-13-17)32-26(20-16-30-21-9-6-5-8-19(20)21)25(28(34)29(32)35)27(33)24-22(36-3)10-7-11-23(24)37-4/h5-16,26,30,33H,1-4H3/b27-25+. The van der Waals surface area contributed by atoms with Crippen molar-refractivity contribution in [1.29, 1.82) is 0 Å². The van der Waals surface area contributed by atoms with Crippen LogP contribution in [-0.4, -0.2) is 50.1 Å². The highest BCUT2D eigenvalue weighted by Crippen LogP contribution is 2.46. The van der Waals surface area contributed by atoms with Crippen molar-refractivity contribution in [1.82, 2.24) is 4.98 Å². The van der Waals surface area contributed by atoms with Crippen LogP contribution in [0.15, 0.2) is 78.5 Å². The van der Waals surface area contributed by atoms with Gasteiger partial charge >= 0.3 is 0 Å². The summed E-state index contributed by atoms with van der Waals surface area (Å²) in [4.78, 5) is 33.8. The Balaban J connectivity index is 1.79. The number of aromatic nitrogens is 1. The molecule has 2 heterocycles. The molecule has 1 aromatic heterocycles. The number of hydrogen-bond acceptors (Lipinski definition) is 6. The number of carbonyl (C=O) groups excluding carboxylic acids is 2. The molecule has 0 bridgehead atoms. The third kappa shape index (κ3) is 3.87. The van der Waals surface area contributed by atoms with Gasteiger partial charge < -0.3 is 24.5 Å². The number of rotatable bonds is 6. The molecule has 1 aliphatic heterocycles. The lowest BCUT2D eigenvalue weighted by atomic mass is 9.94. The lowest BCUT2D eigenvalue weighted by molar-refractivity contribution is -0.132. The third-order valence-electron chi connectivity index (χ3n) is 6.67. The normalized spacial score (nSPS) is 16.9. The number of aromatic amines is 1. The van der Waals surface area contributed by atoms with E-state index >= 15 is 0 Å². The molecule has 1 aliphatic rings. The van der Waals surface area contributed by atoms with Crippen molar-refractivity contribution < 1.29 is 24.2 Å². The van der Waals surface area contributed by atoms with Gasteiger partial charge in [0.05, 0.1) is 25.8 Å². The monoisotopic (exact) mass is 497 g/mol. The van der Waals surface area contributed by atoms with Crippen LogP contribution in [0.4, 0.5) is 11.4 Å². The topological polar surface area (TPSA) is 95.1 Å². The van der Waals surface area contributed by atoms with Crippen LogP contribution < -0.4 is 19.3 Å². The highest BCUT2D eigenvalue weighted by molar-refractivity contribution is 6.52. The summed E-state index contributed by atoms with van der Waals surface area (Å²) < 4.78 is 11.0. The first-order valence-electron chi connectivity index (χ1n) is 11.7. The van der Waals surface area contributed by atoms with Crippen molar-refractivity contribution >= 4 is 39.7 Å². The van der Waals surface area contributed by atoms with E-state index in [2.05, 4.69) is 4.98 Å². The number of carbonyl (C=O) groups is 2. The Morgan fingerprint density at radius 1 is 0.919 bits per heavy atom. The van der Waals surface area contributed by atoms with Gasteiger partial charge in [0.2, 0.25) is 0 Å². The molecule has 5 rings (SSSR count). The fourth-order valence-corrected chi connectivity index (χ4v) is 4.84. The number of methoxy groups -OCH3 is 2. The number of nitrogens with one attached hydrogen (secondary N) is 1. The van der Waals surface area contributed by atoms with E-state index in [0.717, 1.165) is 16.6 Å². The molecule has 0 saturated carbocycles. The van der Waals surface area contributed by atoms with Crippen LogP contribution in [0.1, 0.15) is 17.2 Å². The average molecular weight is 498 g/mol. The minimum atomic E-state index is -0.893. The van der Waals surface area contributed by atoms with Gasteiger partial charge in [-0.2, -0.15) is 0 Å². The maximum atomic E-state index is 13.6. The fourth-order valence-electron chi connectivity index (χ4n) is 4.84. The Morgan fingerprint density at radius 2 is 1.57 bits per heavy atom. The van der Waals surface area contributed by atoms with Gasteiger partial charge in [-0.25, -0.2) is 0 Å². The number of fused-ring (bicyclic) bond motifs is 1. The number of aliphatic hydroxyl groups excluding tert-OH is 1. The molecule has 1 atom stereocenters. The lowest BCUT2D eigenvalue weighted by Crippen LogP contribution is -2.29.